The molecule has 0 atom stereocenters. The van der Waals surface area contributed by atoms with Gasteiger partial charge in [0, 0.05) is 61.1 Å². The molecule has 0 aliphatic carbocycles. The lowest BCUT2D eigenvalue weighted by atomic mass is 10.0. The number of ether oxygens (including phenoxy) is 1. The molecule has 0 spiro atoms. The van der Waals surface area contributed by atoms with E-state index in [0.29, 0.717) is 60.0 Å². The van der Waals surface area contributed by atoms with E-state index in [4.69, 9.17) is 14.7 Å². The highest BCUT2D eigenvalue weighted by Gasteiger charge is 2.19. The van der Waals surface area contributed by atoms with E-state index in [0.717, 1.165) is 17.3 Å². The number of hydrogen-bond donors (Lipinski definition) is 2. The van der Waals surface area contributed by atoms with Gasteiger partial charge in [0.05, 0.1) is 24.4 Å². The number of fused-ring (bicyclic) bond motifs is 1. The van der Waals surface area contributed by atoms with Crippen molar-refractivity contribution in [2.24, 2.45) is 0 Å². The lowest BCUT2D eigenvalue weighted by molar-refractivity contribution is 0.0827. The highest BCUT2D eigenvalue weighted by atomic mass is 19.1. The molecule has 2 aromatic heterocycles. The maximum absolute atomic E-state index is 14.6. The first kappa shape index (κ1) is 29.6. The Hall–Kier alpha value is -5.49. The van der Waals surface area contributed by atoms with Crippen molar-refractivity contribution in [3.8, 4) is 22.5 Å². The molecule has 0 radical (unpaired) electrons. The Balaban J connectivity index is 1.25. The maximum Gasteiger partial charge on any atom is 0.323 e. The highest BCUT2D eigenvalue weighted by Crippen LogP contribution is 2.32. The average Bonchev–Trinajstić information content (AvgIpc) is 3.05. The van der Waals surface area contributed by atoms with Gasteiger partial charge in [-0.3, -0.25) is 4.79 Å². The Morgan fingerprint density at radius 1 is 0.889 bits per heavy atom. The number of urea groups is 1. The molecule has 0 bridgehead atoms. The molecule has 0 unspecified atom stereocenters. The molecule has 1 aliphatic rings. The zero-order valence-electron chi connectivity index (χ0n) is 24.6. The number of aromatic nitrogens is 3. The van der Waals surface area contributed by atoms with E-state index in [2.05, 4.69) is 20.5 Å². The first-order valence-electron chi connectivity index (χ1n) is 14.2. The summed E-state index contributed by atoms with van der Waals surface area (Å²) in [7, 11) is 3.14. The van der Waals surface area contributed by atoms with E-state index in [1.54, 1.807) is 50.5 Å². The normalized spacial score (nSPS) is 13.0. The fourth-order valence-electron chi connectivity index (χ4n) is 5.02. The van der Waals surface area contributed by atoms with Crippen LogP contribution in [0.4, 0.5) is 30.8 Å². The summed E-state index contributed by atoms with van der Waals surface area (Å²) in [6.45, 7) is 2.48. The minimum Gasteiger partial charge on any atom is -0.378 e. The number of morpholine rings is 1. The summed E-state index contributed by atoms with van der Waals surface area (Å²) in [6, 6.07) is 19.0. The molecule has 1 aliphatic heterocycles. The molecule has 1 saturated heterocycles. The molecule has 3 aromatic carbocycles. The summed E-state index contributed by atoms with van der Waals surface area (Å²) in [6.07, 6.45) is 1.41. The van der Waals surface area contributed by atoms with Gasteiger partial charge >= 0.3 is 6.03 Å². The van der Waals surface area contributed by atoms with Crippen LogP contribution in [0.15, 0.2) is 79.0 Å². The fourth-order valence-corrected chi connectivity index (χ4v) is 5.02. The van der Waals surface area contributed by atoms with Crippen LogP contribution in [0.1, 0.15) is 10.4 Å². The molecular weight excluding hydrogens is 580 g/mol. The lowest BCUT2D eigenvalue weighted by Crippen LogP contribution is -2.37. The van der Waals surface area contributed by atoms with E-state index < -0.39 is 17.8 Å². The van der Waals surface area contributed by atoms with E-state index in [9.17, 15) is 18.4 Å². The first-order valence-corrected chi connectivity index (χ1v) is 14.2. The van der Waals surface area contributed by atoms with Crippen LogP contribution in [0.3, 0.4) is 0 Å². The largest absolute Gasteiger partial charge is 0.378 e. The van der Waals surface area contributed by atoms with Crippen molar-refractivity contribution in [2.45, 2.75) is 0 Å². The number of amides is 3. The van der Waals surface area contributed by atoms with Gasteiger partial charge < -0.3 is 25.2 Å². The van der Waals surface area contributed by atoms with E-state index in [1.807, 2.05) is 18.2 Å². The van der Waals surface area contributed by atoms with Crippen LogP contribution in [-0.2, 0) is 4.74 Å². The summed E-state index contributed by atoms with van der Waals surface area (Å²) < 4.78 is 34.6. The molecule has 6 rings (SSSR count). The predicted octanol–water partition coefficient (Wildman–Crippen LogP) is 5.82. The Labute approximate surface area is 257 Å². The van der Waals surface area contributed by atoms with Crippen LogP contribution >= 0.6 is 0 Å². The van der Waals surface area contributed by atoms with Crippen molar-refractivity contribution in [1.82, 2.24) is 19.9 Å². The van der Waals surface area contributed by atoms with E-state index >= 15 is 0 Å². The second kappa shape index (κ2) is 12.6. The van der Waals surface area contributed by atoms with Crippen LogP contribution in [0.25, 0.3) is 33.4 Å². The van der Waals surface area contributed by atoms with Crippen molar-refractivity contribution < 1.29 is 23.1 Å². The van der Waals surface area contributed by atoms with Gasteiger partial charge in [0.25, 0.3) is 5.91 Å². The van der Waals surface area contributed by atoms with Crippen molar-refractivity contribution in [3.05, 3.63) is 96.3 Å². The van der Waals surface area contributed by atoms with Crippen LogP contribution in [0, 0.1) is 11.8 Å². The van der Waals surface area contributed by atoms with Crippen molar-refractivity contribution in [2.75, 3.05) is 55.9 Å². The molecule has 12 heteroatoms. The molecule has 0 saturated carbocycles. The van der Waals surface area contributed by atoms with Gasteiger partial charge in [0.15, 0.2) is 5.82 Å². The Morgan fingerprint density at radius 2 is 1.64 bits per heavy atom. The lowest BCUT2D eigenvalue weighted by Gasteiger charge is -2.29. The summed E-state index contributed by atoms with van der Waals surface area (Å²) in [5.41, 5.74) is 2.93. The Kier molecular flexibility index (Phi) is 8.30. The molecule has 2 N–H and O–H groups in total. The SMILES string of the molecule is CN(C)C(=O)c1ccc(NC(=O)Nc2ccc(-c3nc(N4CCOCC4)c4ccc(-c5cccnc5F)cc4n3)cc2)c(F)c1. The Bertz CT molecular complexity index is 1890. The zero-order chi connectivity index (χ0) is 31.5. The van der Waals surface area contributed by atoms with Gasteiger partial charge in [-0.1, -0.05) is 6.07 Å². The molecule has 45 heavy (non-hydrogen) atoms. The summed E-state index contributed by atoms with van der Waals surface area (Å²) in [5.74, 6) is -0.435. The second-order valence-electron chi connectivity index (χ2n) is 10.6. The number of nitrogens with one attached hydrogen (secondary N) is 2. The quantitative estimate of drug-likeness (QED) is 0.233. The molecule has 5 aromatic rings. The topological polar surface area (TPSA) is 113 Å². The number of carbonyl (C=O) groups excluding carboxylic acids is 2. The van der Waals surface area contributed by atoms with Gasteiger partial charge in [-0.05, 0) is 72.3 Å². The number of carbonyl (C=O) groups is 2. The summed E-state index contributed by atoms with van der Waals surface area (Å²) in [4.78, 5) is 41.7. The third kappa shape index (κ3) is 6.41. The number of halogens is 2. The number of rotatable bonds is 6. The Morgan fingerprint density at radius 3 is 2.36 bits per heavy atom. The van der Waals surface area contributed by atoms with Gasteiger partial charge in [-0.2, -0.15) is 4.39 Å². The monoisotopic (exact) mass is 609 g/mol. The molecular formula is C33H29F2N7O3. The minimum atomic E-state index is -0.729. The molecule has 3 heterocycles. The van der Waals surface area contributed by atoms with Crippen LogP contribution < -0.4 is 15.5 Å². The average molecular weight is 610 g/mol. The molecule has 1 fully saturated rings. The van der Waals surface area contributed by atoms with Gasteiger partial charge in [-0.15, -0.1) is 0 Å². The third-order valence-electron chi connectivity index (χ3n) is 7.33. The maximum atomic E-state index is 14.6. The number of anilines is 3. The smallest absolute Gasteiger partial charge is 0.323 e. The van der Waals surface area contributed by atoms with Gasteiger partial charge in [0.1, 0.15) is 11.6 Å². The van der Waals surface area contributed by atoms with Crippen LogP contribution in [0.2, 0.25) is 0 Å². The van der Waals surface area contributed by atoms with Crippen molar-refractivity contribution >= 4 is 40.0 Å². The predicted molar refractivity (Wildman–Crippen MR) is 168 cm³/mol. The van der Waals surface area contributed by atoms with Crippen LogP contribution in [0.5, 0.6) is 0 Å². The molecule has 10 nitrogen and oxygen atoms in total. The molecule has 228 valence electrons. The minimum absolute atomic E-state index is 0.0647. The number of benzene rings is 3. The zero-order valence-corrected chi connectivity index (χ0v) is 24.6. The first-order chi connectivity index (χ1) is 21.8. The van der Waals surface area contributed by atoms with Crippen molar-refractivity contribution in [1.29, 1.82) is 0 Å². The summed E-state index contributed by atoms with van der Waals surface area (Å²) in [5, 5.41) is 5.97. The molecule has 3 amide bonds. The number of nitrogens with zero attached hydrogens (tertiary/aromatic N) is 5. The van der Waals surface area contributed by atoms with E-state index in [1.165, 1.54) is 23.2 Å². The standard InChI is InChI=1S/C33H29F2N7O3/c1-41(2)32(43)22-8-12-27(26(34)18-22)39-33(44)37-23-9-5-20(6-10-23)30-38-28-19-21(24-4-3-13-36-29(24)35)7-11-25(28)31(40-30)42-14-16-45-17-15-42/h3-13,18-19H,14-17H2,1-2H3,(H2,37,39,44). The van der Waals surface area contributed by atoms with Gasteiger partial charge in [0.2, 0.25) is 5.95 Å². The highest BCUT2D eigenvalue weighted by molar-refractivity contribution is 6.01. The number of pyridine rings is 1. The number of hydrogen-bond acceptors (Lipinski definition) is 7. The third-order valence-corrected chi connectivity index (χ3v) is 7.33. The summed E-state index contributed by atoms with van der Waals surface area (Å²) >= 11 is 0. The second-order valence-corrected chi connectivity index (χ2v) is 10.6. The van der Waals surface area contributed by atoms with Gasteiger partial charge in [-0.25, -0.2) is 24.1 Å². The fraction of sp³-hybridized carbons (Fsp3) is 0.182. The van der Waals surface area contributed by atoms with Crippen molar-refractivity contribution in [3.63, 3.8) is 0 Å². The van der Waals surface area contributed by atoms with Crippen LogP contribution in [-0.4, -0.2) is 72.2 Å². The van der Waals surface area contributed by atoms with E-state index in [-0.39, 0.29) is 17.2 Å².